The molecule has 4 heteroatoms. The van der Waals surface area contributed by atoms with Crippen molar-refractivity contribution < 1.29 is 9.50 Å². The highest BCUT2D eigenvalue weighted by atomic mass is 79.9. The minimum Gasteiger partial charge on any atom is -0.384 e. The van der Waals surface area contributed by atoms with Crippen LogP contribution >= 0.6 is 27.5 Å². The summed E-state index contributed by atoms with van der Waals surface area (Å²) < 4.78 is 13.6. The van der Waals surface area contributed by atoms with Gasteiger partial charge in [-0.2, -0.15) is 0 Å². The van der Waals surface area contributed by atoms with E-state index in [0.717, 1.165) is 11.1 Å². The first-order valence-corrected chi connectivity index (χ1v) is 6.97. The molecule has 1 atom stereocenters. The molecule has 0 fully saturated rings. The van der Waals surface area contributed by atoms with Gasteiger partial charge in [0.25, 0.3) is 0 Å². The lowest BCUT2D eigenvalue weighted by atomic mass is 9.98. The molecule has 0 spiro atoms. The highest BCUT2D eigenvalue weighted by molar-refractivity contribution is 9.10. The van der Waals surface area contributed by atoms with Gasteiger partial charge in [0.05, 0.1) is 0 Å². The van der Waals surface area contributed by atoms with Gasteiger partial charge in [-0.1, -0.05) is 39.7 Å². The maximum Gasteiger partial charge on any atom is 0.124 e. The SMILES string of the molecule is Cc1cc(Cl)c(C(O)c2ccc(F)cc2Br)cc1C. The molecule has 1 nitrogen and oxygen atoms in total. The first kappa shape index (κ1) is 14.5. The number of benzene rings is 2. The van der Waals surface area contributed by atoms with Gasteiger partial charge in [0, 0.05) is 15.1 Å². The van der Waals surface area contributed by atoms with Gasteiger partial charge in [-0.15, -0.1) is 0 Å². The molecule has 0 heterocycles. The summed E-state index contributed by atoms with van der Waals surface area (Å²) in [6.45, 7) is 3.92. The summed E-state index contributed by atoms with van der Waals surface area (Å²) in [5, 5.41) is 10.9. The van der Waals surface area contributed by atoms with Crippen molar-refractivity contribution in [3.63, 3.8) is 0 Å². The maximum atomic E-state index is 13.1. The molecule has 0 aliphatic rings. The van der Waals surface area contributed by atoms with E-state index < -0.39 is 6.10 Å². The third-order valence-corrected chi connectivity index (χ3v) is 4.18. The molecule has 2 rings (SSSR count). The molecule has 2 aromatic rings. The van der Waals surface area contributed by atoms with Gasteiger partial charge in [-0.25, -0.2) is 4.39 Å². The molecule has 2 aromatic carbocycles. The van der Waals surface area contributed by atoms with Crippen molar-refractivity contribution in [2.45, 2.75) is 20.0 Å². The van der Waals surface area contributed by atoms with Crippen LogP contribution < -0.4 is 0 Å². The number of aliphatic hydroxyl groups is 1. The molecular weight excluding hydrogens is 331 g/mol. The van der Waals surface area contributed by atoms with Crippen molar-refractivity contribution >= 4 is 27.5 Å². The third-order valence-electron chi connectivity index (χ3n) is 3.16. The average molecular weight is 344 g/mol. The van der Waals surface area contributed by atoms with Crippen molar-refractivity contribution in [2.75, 3.05) is 0 Å². The number of aryl methyl sites for hydroxylation is 2. The van der Waals surface area contributed by atoms with E-state index in [1.165, 1.54) is 12.1 Å². The molecule has 0 aromatic heterocycles. The summed E-state index contributed by atoms with van der Waals surface area (Å²) in [4.78, 5) is 0. The zero-order valence-electron chi connectivity index (χ0n) is 10.5. The summed E-state index contributed by atoms with van der Waals surface area (Å²) in [6.07, 6.45) is -0.887. The van der Waals surface area contributed by atoms with Crippen LogP contribution in [-0.2, 0) is 0 Å². The lowest BCUT2D eigenvalue weighted by molar-refractivity contribution is 0.219. The van der Waals surface area contributed by atoms with Crippen molar-refractivity contribution in [1.29, 1.82) is 0 Å². The van der Waals surface area contributed by atoms with Crippen LogP contribution in [-0.4, -0.2) is 5.11 Å². The second-order valence-corrected chi connectivity index (χ2v) is 5.79. The van der Waals surface area contributed by atoms with Crippen LogP contribution in [0.25, 0.3) is 0 Å². The Labute approximate surface area is 125 Å². The molecular formula is C15H13BrClFO. The Morgan fingerprint density at radius 3 is 2.37 bits per heavy atom. The minimum absolute atomic E-state index is 0.353. The molecule has 0 saturated heterocycles. The summed E-state index contributed by atoms with van der Waals surface area (Å²) in [6, 6.07) is 7.88. The van der Waals surface area contributed by atoms with Crippen molar-refractivity contribution in [3.8, 4) is 0 Å². The summed E-state index contributed by atoms with van der Waals surface area (Å²) in [5.74, 6) is -0.353. The van der Waals surface area contributed by atoms with Gasteiger partial charge in [0.1, 0.15) is 11.9 Å². The Morgan fingerprint density at radius 2 is 1.74 bits per heavy atom. The van der Waals surface area contributed by atoms with E-state index in [-0.39, 0.29) is 5.82 Å². The molecule has 0 aliphatic heterocycles. The predicted octanol–water partition coefficient (Wildman–Crippen LogP) is 4.94. The van der Waals surface area contributed by atoms with Crippen LogP contribution in [0.5, 0.6) is 0 Å². The van der Waals surface area contributed by atoms with Gasteiger partial charge in [0.2, 0.25) is 0 Å². The minimum atomic E-state index is -0.887. The molecule has 100 valence electrons. The Balaban J connectivity index is 2.49. The molecule has 1 unspecified atom stereocenters. The van der Waals surface area contributed by atoms with E-state index in [2.05, 4.69) is 15.9 Å². The number of aliphatic hydroxyl groups excluding tert-OH is 1. The molecule has 0 saturated carbocycles. The van der Waals surface area contributed by atoms with Crippen molar-refractivity contribution in [2.24, 2.45) is 0 Å². The number of hydrogen-bond donors (Lipinski definition) is 1. The maximum absolute atomic E-state index is 13.1. The second kappa shape index (κ2) is 5.61. The average Bonchev–Trinajstić information content (AvgIpc) is 2.33. The molecule has 0 aliphatic carbocycles. The van der Waals surface area contributed by atoms with Crippen LogP contribution in [0.15, 0.2) is 34.8 Å². The van der Waals surface area contributed by atoms with Gasteiger partial charge >= 0.3 is 0 Å². The first-order chi connectivity index (χ1) is 8.90. The summed E-state index contributed by atoms with van der Waals surface area (Å²) in [5.41, 5.74) is 3.33. The Hall–Kier alpha value is -0.900. The molecule has 1 N–H and O–H groups in total. The fourth-order valence-corrected chi connectivity index (χ4v) is 2.79. The molecule has 0 amide bonds. The summed E-state index contributed by atoms with van der Waals surface area (Å²) >= 11 is 9.44. The number of hydrogen-bond acceptors (Lipinski definition) is 1. The Kier molecular flexibility index (Phi) is 4.29. The monoisotopic (exact) mass is 342 g/mol. The standard InChI is InChI=1S/C15H13BrClFO/c1-8-5-12(14(17)6-9(8)2)15(19)11-4-3-10(18)7-13(11)16/h3-7,15,19H,1-2H3. The van der Waals surface area contributed by atoms with Gasteiger partial charge in [0.15, 0.2) is 0 Å². The smallest absolute Gasteiger partial charge is 0.124 e. The number of rotatable bonds is 2. The Morgan fingerprint density at radius 1 is 1.11 bits per heavy atom. The largest absolute Gasteiger partial charge is 0.384 e. The highest BCUT2D eigenvalue weighted by Crippen LogP contribution is 2.34. The van der Waals surface area contributed by atoms with Gasteiger partial charge in [-0.05, 0) is 48.7 Å². The fourth-order valence-electron chi connectivity index (χ4n) is 1.90. The van der Waals surface area contributed by atoms with Crippen LogP contribution in [0, 0.1) is 19.7 Å². The number of halogens is 3. The van der Waals surface area contributed by atoms with E-state index in [4.69, 9.17) is 11.6 Å². The molecule has 19 heavy (non-hydrogen) atoms. The van der Waals surface area contributed by atoms with E-state index in [1.807, 2.05) is 26.0 Å². The van der Waals surface area contributed by atoms with E-state index in [9.17, 15) is 9.50 Å². The lowest BCUT2D eigenvalue weighted by Gasteiger charge is -2.16. The third kappa shape index (κ3) is 2.99. The van der Waals surface area contributed by atoms with E-state index in [1.54, 1.807) is 6.07 Å². The Bertz CT molecular complexity index is 628. The van der Waals surface area contributed by atoms with Crippen LogP contribution in [0.4, 0.5) is 4.39 Å². The van der Waals surface area contributed by atoms with Gasteiger partial charge < -0.3 is 5.11 Å². The molecule has 0 radical (unpaired) electrons. The predicted molar refractivity (Wildman–Crippen MR) is 79.1 cm³/mol. The van der Waals surface area contributed by atoms with Crippen LogP contribution in [0.2, 0.25) is 5.02 Å². The first-order valence-electron chi connectivity index (χ1n) is 5.80. The zero-order chi connectivity index (χ0) is 14.2. The van der Waals surface area contributed by atoms with Crippen molar-refractivity contribution in [3.05, 3.63) is 67.9 Å². The van der Waals surface area contributed by atoms with E-state index in [0.29, 0.717) is 20.6 Å². The van der Waals surface area contributed by atoms with Crippen LogP contribution in [0.1, 0.15) is 28.4 Å². The summed E-state index contributed by atoms with van der Waals surface area (Å²) in [7, 11) is 0. The lowest BCUT2D eigenvalue weighted by Crippen LogP contribution is -2.03. The van der Waals surface area contributed by atoms with E-state index >= 15 is 0 Å². The highest BCUT2D eigenvalue weighted by Gasteiger charge is 2.17. The van der Waals surface area contributed by atoms with Gasteiger partial charge in [-0.3, -0.25) is 0 Å². The fraction of sp³-hybridized carbons (Fsp3) is 0.200. The molecule has 0 bridgehead atoms. The van der Waals surface area contributed by atoms with Crippen molar-refractivity contribution in [1.82, 2.24) is 0 Å². The topological polar surface area (TPSA) is 20.2 Å². The zero-order valence-corrected chi connectivity index (χ0v) is 12.9. The normalized spacial score (nSPS) is 12.5. The second-order valence-electron chi connectivity index (χ2n) is 4.53. The van der Waals surface area contributed by atoms with Crippen LogP contribution in [0.3, 0.4) is 0 Å². The quantitative estimate of drug-likeness (QED) is 0.819.